The Morgan fingerprint density at radius 1 is 1.14 bits per heavy atom. The minimum Gasteiger partial charge on any atom is -0.490 e. The lowest BCUT2D eigenvalue weighted by Gasteiger charge is -2.29. The van der Waals surface area contributed by atoms with Gasteiger partial charge in [0, 0.05) is 12.0 Å². The number of aliphatic hydroxyl groups is 1. The van der Waals surface area contributed by atoms with Crippen molar-refractivity contribution in [2.75, 3.05) is 0 Å². The molecule has 1 N–H and O–H groups in total. The second kappa shape index (κ2) is 8.38. The Bertz CT molecular complexity index is 433. The maximum absolute atomic E-state index is 13.2. The fraction of sp³-hybridized carbons (Fsp3) is 0.667. The van der Waals surface area contributed by atoms with Crippen LogP contribution in [0.25, 0.3) is 0 Å². The SMILES string of the molecule is CCCCCCCCCC1C[C@@H](O)c2cc(F)ccc2O1. The Hall–Kier alpha value is -1.09. The Morgan fingerprint density at radius 3 is 2.62 bits per heavy atom. The van der Waals surface area contributed by atoms with Gasteiger partial charge in [-0.2, -0.15) is 0 Å². The summed E-state index contributed by atoms with van der Waals surface area (Å²) < 4.78 is 19.1. The van der Waals surface area contributed by atoms with Gasteiger partial charge in [-0.05, 0) is 31.0 Å². The Morgan fingerprint density at radius 2 is 1.86 bits per heavy atom. The van der Waals surface area contributed by atoms with Gasteiger partial charge in [0.1, 0.15) is 17.7 Å². The molecule has 21 heavy (non-hydrogen) atoms. The monoisotopic (exact) mass is 294 g/mol. The van der Waals surface area contributed by atoms with Gasteiger partial charge in [0.25, 0.3) is 0 Å². The first-order chi connectivity index (χ1) is 10.2. The molecular weight excluding hydrogens is 267 g/mol. The molecule has 0 saturated heterocycles. The zero-order valence-electron chi connectivity index (χ0n) is 13.0. The second-order valence-electron chi connectivity index (χ2n) is 6.08. The highest BCUT2D eigenvalue weighted by Crippen LogP contribution is 2.36. The maximum atomic E-state index is 13.2. The van der Waals surface area contributed by atoms with E-state index in [2.05, 4.69) is 6.92 Å². The number of benzene rings is 1. The lowest BCUT2D eigenvalue weighted by Crippen LogP contribution is -2.25. The van der Waals surface area contributed by atoms with E-state index in [0.29, 0.717) is 17.7 Å². The fourth-order valence-corrected chi connectivity index (χ4v) is 3.00. The molecule has 0 bridgehead atoms. The van der Waals surface area contributed by atoms with Crippen LogP contribution in [0.15, 0.2) is 18.2 Å². The number of fused-ring (bicyclic) bond motifs is 1. The van der Waals surface area contributed by atoms with Crippen LogP contribution < -0.4 is 4.74 Å². The van der Waals surface area contributed by atoms with Crippen molar-refractivity contribution < 1.29 is 14.2 Å². The van der Waals surface area contributed by atoms with Crippen molar-refractivity contribution in [3.8, 4) is 5.75 Å². The molecule has 3 heteroatoms. The van der Waals surface area contributed by atoms with Crippen LogP contribution >= 0.6 is 0 Å². The first kappa shape index (κ1) is 16.3. The molecule has 0 aliphatic carbocycles. The van der Waals surface area contributed by atoms with Gasteiger partial charge >= 0.3 is 0 Å². The van der Waals surface area contributed by atoms with Crippen molar-refractivity contribution in [3.63, 3.8) is 0 Å². The van der Waals surface area contributed by atoms with Gasteiger partial charge in [-0.3, -0.25) is 0 Å². The minimum absolute atomic E-state index is 0.0635. The molecule has 2 nitrogen and oxygen atoms in total. The van der Waals surface area contributed by atoms with Crippen LogP contribution in [0.3, 0.4) is 0 Å². The van der Waals surface area contributed by atoms with E-state index < -0.39 is 6.10 Å². The van der Waals surface area contributed by atoms with E-state index >= 15 is 0 Å². The van der Waals surface area contributed by atoms with Crippen LogP contribution in [0, 0.1) is 5.82 Å². The van der Waals surface area contributed by atoms with E-state index in [1.54, 1.807) is 6.07 Å². The van der Waals surface area contributed by atoms with Gasteiger partial charge in [-0.1, -0.05) is 45.4 Å². The van der Waals surface area contributed by atoms with Crippen LogP contribution in [-0.2, 0) is 0 Å². The first-order valence-corrected chi connectivity index (χ1v) is 8.35. The van der Waals surface area contributed by atoms with E-state index in [1.807, 2.05) is 0 Å². The third-order valence-corrected chi connectivity index (χ3v) is 4.24. The zero-order chi connectivity index (χ0) is 15.1. The smallest absolute Gasteiger partial charge is 0.125 e. The molecule has 0 radical (unpaired) electrons. The van der Waals surface area contributed by atoms with Gasteiger partial charge in [0.2, 0.25) is 0 Å². The average molecular weight is 294 g/mol. The van der Waals surface area contributed by atoms with Crippen LogP contribution in [0.4, 0.5) is 4.39 Å². The Kier molecular flexibility index (Phi) is 6.50. The number of unbranched alkanes of at least 4 members (excludes halogenated alkanes) is 6. The standard InChI is InChI=1S/C18H27FO2/c1-2-3-4-5-6-7-8-9-15-13-17(20)16-12-14(19)10-11-18(16)21-15/h10-12,15,17,20H,2-9,13H2,1H3/t15?,17-/m1/s1. The molecule has 1 aliphatic heterocycles. The van der Waals surface area contributed by atoms with Crippen LogP contribution in [-0.4, -0.2) is 11.2 Å². The maximum Gasteiger partial charge on any atom is 0.125 e. The first-order valence-electron chi connectivity index (χ1n) is 8.35. The van der Waals surface area contributed by atoms with Gasteiger partial charge in [0.05, 0.1) is 6.10 Å². The number of ether oxygens (including phenoxy) is 1. The summed E-state index contributed by atoms with van der Waals surface area (Å²) in [4.78, 5) is 0. The lowest BCUT2D eigenvalue weighted by molar-refractivity contribution is 0.0601. The Labute approximate surface area is 127 Å². The topological polar surface area (TPSA) is 29.5 Å². The van der Waals surface area contributed by atoms with E-state index in [1.165, 1.54) is 50.7 Å². The fourth-order valence-electron chi connectivity index (χ4n) is 3.00. The van der Waals surface area contributed by atoms with E-state index in [4.69, 9.17) is 4.74 Å². The molecule has 118 valence electrons. The number of aliphatic hydroxyl groups excluding tert-OH is 1. The number of hydrogen-bond donors (Lipinski definition) is 1. The average Bonchev–Trinajstić information content (AvgIpc) is 2.47. The van der Waals surface area contributed by atoms with Crippen molar-refractivity contribution in [1.82, 2.24) is 0 Å². The van der Waals surface area contributed by atoms with Crippen molar-refractivity contribution in [2.45, 2.75) is 76.9 Å². The van der Waals surface area contributed by atoms with Crippen LogP contribution in [0.5, 0.6) is 5.75 Å². The number of rotatable bonds is 8. The summed E-state index contributed by atoms with van der Waals surface area (Å²) in [6.45, 7) is 2.23. The highest BCUT2D eigenvalue weighted by atomic mass is 19.1. The van der Waals surface area contributed by atoms with E-state index in [0.717, 1.165) is 12.8 Å². The summed E-state index contributed by atoms with van der Waals surface area (Å²) in [5, 5.41) is 10.1. The quantitative estimate of drug-likeness (QED) is 0.672. The summed E-state index contributed by atoms with van der Waals surface area (Å²) >= 11 is 0. The largest absolute Gasteiger partial charge is 0.490 e. The molecule has 0 fully saturated rings. The van der Waals surface area contributed by atoms with E-state index in [-0.39, 0.29) is 11.9 Å². The Balaban J connectivity index is 1.70. The zero-order valence-corrected chi connectivity index (χ0v) is 13.0. The molecule has 1 aromatic rings. The van der Waals surface area contributed by atoms with Crippen molar-refractivity contribution in [3.05, 3.63) is 29.6 Å². The molecule has 1 aliphatic rings. The van der Waals surface area contributed by atoms with E-state index in [9.17, 15) is 9.50 Å². The third-order valence-electron chi connectivity index (χ3n) is 4.24. The molecule has 0 amide bonds. The molecule has 1 heterocycles. The minimum atomic E-state index is -0.598. The molecule has 0 spiro atoms. The number of hydrogen-bond acceptors (Lipinski definition) is 2. The highest BCUT2D eigenvalue weighted by Gasteiger charge is 2.26. The van der Waals surface area contributed by atoms with Crippen molar-refractivity contribution in [1.29, 1.82) is 0 Å². The molecule has 0 aromatic heterocycles. The predicted octanol–water partition coefficient (Wildman–Crippen LogP) is 5.15. The number of halogens is 1. The van der Waals surface area contributed by atoms with Gasteiger partial charge < -0.3 is 9.84 Å². The van der Waals surface area contributed by atoms with Crippen LogP contribution in [0.1, 0.15) is 76.4 Å². The summed E-state index contributed by atoms with van der Waals surface area (Å²) in [6.07, 6.45) is 9.96. The normalized spacial score (nSPS) is 20.9. The molecule has 1 unspecified atom stereocenters. The van der Waals surface area contributed by atoms with Crippen LogP contribution in [0.2, 0.25) is 0 Å². The summed E-state index contributed by atoms with van der Waals surface area (Å²) in [6, 6.07) is 4.40. The molecular formula is C18H27FO2. The van der Waals surface area contributed by atoms with Gasteiger partial charge in [-0.25, -0.2) is 4.39 Å². The molecule has 2 rings (SSSR count). The lowest BCUT2D eigenvalue weighted by atomic mass is 9.95. The molecule has 1 aromatic carbocycles. The van der Waals surface area contributed by atoms with Gasteiger partial charge in [0.15, 0.2) is 0 Å². The second-order valence-corrected chi connectivity index (χ2v) is 6.08. The van der Waals surface area contributed by atoms with Crippen molar-refractivity contribution in [2.24, 2.45) is 0 Å². The van der Waals surface area contributed by atoms with Gasteiger partial charge in [-0.15, -0.1) is 0 Å². The summed E-state index contributed by atoms with van der Waals surface area (Å²) in [5.74, 6) is 0.324. The predicted molar refractivity (Wildman–Crippen MR) is 83.0 cm³/mol. The summed E-state index contributed by atoms with van der Waals surface area (Å²) in [5.41, 5.74) is 0.589. The summed E-state index contributed by atoms with van der Waals surface area (Å²) in [7, 11) is 0. The highest BCUT2D eigenvalue weighted by molar-refractivity contribution is 5.37. The molecule has 0 saturated carbocycles. The third kappa shape index (κ3) is 4.99. The molecule has 2 atom stereocenters. The van der Waals surface area contributed by atoms with Crippen molar-refractivity contribution >= 4 is 0 Å².